The minimum absolute atomic E-state index is 0.389. The summed E-state index contributed by atoms with van der Waals surface area (Å²) in [5.74, 6) is 0. The molecule has 2 aromatic heterocycles. The molecule has 0 fully saturated rings. The van der Waals surface area contributed by atoms with Gasteiger partial charge in [-0.25, -0.2) is 8.78 Å². The average Bonchev–Trinajstić information content (AvgIpc) is 2.76. The molecule has 0 aliphatic heterocycles. The number of aromatic nitrogens is 4. The van der Waals surface area contributed by atoms with Gasteiger partial charge in [-0.15, -0.1) is 0 Å². The van der Waals surface area contributed by atoms with Crippen LogP contribution in [0.3, 0.4) is 0 Å². The molecule has 4 nitrogen and oxygen atoms in total. The van der Waals surface area contributed by atoms with Gasteiger partial charge in [0, 0.05) is 18.0 Å². The third-order valence-corrected chi connectivity index (χ3v) is 2.17. The van der Waals surface area contributed by atoms with Crippen molar-refractivity contribution in [1.82, 2.24) is 19.6 Å². The first-order valence-electron chi connectivity index (χ1n) is 4.62. The maximum absolute atomic E-state index is 12.1. The van der Waals surface area contributed by atoms with Crippen molar-refractivity contribution in [3.63, 3.8) is 0 Å². The van der Waals surface area contributed by atoms with Crippen LogP contribution in [0.2, 0.25) is 5.15 Å². The molecule has 7 heteroatoms. The fourth-order valence-corrected chi connectivity index (χ4v) is 1.49. The van der Waals surface area contributed by atoms with E-state index in [-0.39, 0.29) is 6.54 Å². The topological polar surface area (TPSA) is 35.6 Å². The van der Waals surface area contributed by atoms with Gasteiger partial charge in [-0.1, -0.05) is 11.6 Å². The lowest BCUT2D eigenvalue weighted by molar-refractivity contribution is 0.122. The molecule has 0 unspecified atom stereocenters. The standard InChI is InChI=1S/C9H9ClF2N4/c10-8-1-2-15(14-8)4-7-3-13-16(5-7)6-9(11)12/h1-3,5,9H,4,6H2. The minimum Gasteiger partial charge on any atom is -0.267 e. The van der Waals surface area contributed by atoms with Crippen LogP contribution in [-0.2, 0) is 13.1 Å². The molecular formula is C9H9ClF2N4. The van der Waals surface area contributed by atoms with Crippen molar-refractivity contribution in [2.24, 2.45) is 0 Å². The van der Waals surface area contributed by atoms with Gasteiger partial charge < -0.3 is 0 Å². The lowest BCUT2D eigenvalue weighted by Gasteiger charge is -1.99. The van der Waals surface area contributed by atoms with Crippen LogP contribution >= 0.6 is 11.6 Å². The van der Waals surface area contributed by atoms with Gasteiger partial charge in [0.15, 0.2) is 5.15 Å². The molecule has 0 amide bonds. The summed E-state index contributed by atoms with van der Waals surface area (Å²) in [4.78, 5) is 0. The molecule has 0 saturated carbocycles. The van der Waals surface area contributed by atoms with Gasteiger partial charge in [0.1, 0.15) is 6.54 Å². The Balaban J connectivity index is 2.02. The molecule has 2 aromatic rings. The van der Waals surface area contributed by atoms with Gasteiger partial charge in [-0.3, -0.25) is 9.36 Å². The fraction of sp³-hybridized carbons (Fsp3) is 0.333. The predicted octanol–water partition coefficient (Wildman–Crippen LogP) is 2.05. The van der Waals surface area contributed by atoms with E-state index in [1.807, 2.05) is 0 Å². The molecule has 2 heterocycles. The smallest absolute Gasteiger partial charge is 0.257 e. The molecule has 0 aliphatic rings. The summed E-state index contributed by atoms with van der Waals surface area (Å²) in [6, 6.07) is 1.66. The summed E-state index contributed by atoms with van der Waals surface area (Å²) in [6.07, 6.45) is 2.43. The molecular weight excluding hydrogens is 238 g/mol. The molecule has 0 saturated heterocycles. The second-order valence-electron chi connectivity index (χ2n) is 3.30. The van der Waals surface area contributed by atoms with Crippen molar-refractivity contribution < 1.29 is 8.78 Å². The van der Waals surface area contributed by atoms with Crippen molar-refractivity contribution in [2.45, 2.75) is 19.5 Å². The van der Waals surface area contributed by atoms with Crippen LogP contribution in [0, 0.1) is 0 Å². The Bertz CT molecular complexity index is 466. The highest BCUT2D eigenvalue weighted by atomic mass is 35.5. The van der Waals surface area contributed by atoms with Gasteiger partial charge in [0.25, 0.3) is 6.43 Å². The Hall–Kier alpha value is -1.43. The molecule has 0 radical (unpaired) electrons. The Morgan fingerprint density at radius 2 is 2.19 bits per heavy atom. The highest BCUT2D eigenvalue weighted by Gasteiger charge is 2.06. The quantitative estimate of drug-likeness (QED) is 0.828. The third-order valence-electron chi connectivity index (χ3n) is 1.96. The average molecular weight is 247 g/mol. The van der Waals surface area contributed by atoms with E-state index in [4.69, 9.17) is 11.6 Å². The monoisotopic (exact) mass is 246 g/mol. The van der Waals surface area contributed by atoms with Crippen LogP contribution in [0.25, 0.3) is 0 Å². The third kappa shape index (κ3) is 2.79. The maximum atomic E-state index is 12.1. The van der Waals surface area contributed by atoms with Crippen LogP contribution in [0.5, 0.6) is 0 Å². The van der Waals surface area contributed by atoms with Crippen molar-refractivity contribution >= 4 is 11.6 Å². The Morgan fingerprint density at radius 1 is 1.38 bits per heavy atom. The largest absolute Gasteiger partial charge is 0.267 e. The summed E-state index contributed by atoms with van der Waals surface area (Å²) >= 11 is 5.65. The van der Waals surface area contributed by atoms with Crippen molar-refractivity contribution in [1.29, 1.82) is 0 Å². The zero-order valence-electron chi connectivity index (χ0n) is 8.22. The van der Waals surface area contributed by atoms with E-state index in [1.165, 1.54) is 10.9 Å². The van der Waals surface area contributed by atoms with Gasteiger partial charge >= 0.3 is 0 Å². The molecule has 2 rings (SSSR count). The van der Waals surface area contributed by atoms with E-state index < -0.39 is 6.43 Å². The van der Waals surface area contributed by atoms with E-state index in [1.54, 1.807) is 23.1 Å². The zero-order valence-corrected chi connectivity index (χ0v) is 8.98. The first-order valence-corrected chi connectivity index (χ1v) is 5.00. The van der Waals surface area contributed by atoms with Gasteiger partial charge in [0.05, 0.1) is 12.7 Å². The number of rotatable bonds is 4. The molecule has 16 heavy (non-hydrogen) atoms. The number of halogens is 3. The van der Waals surface area contributed by atoms with E-state index >= 15 is 0 Å². The van der Waals surface area contributed by atoms with Crippen LogP contribution in [0.15, 0.2) is 24.7 Å². The summed E-state index contributed by atoms with van der Waals surface area (Å²) in [5, 5.41) is 8.20. The fourth-order valence-electron chi connectivity index (χ4n) is 1.34. The van der Waals surface area contributed by atoms with Crippen LogP contribution < -0.4 is 0 Å². The van der Waals surface area contributed by atoms with Gasteiger partial charge in [0.2, 0.25) is 0 Å². The lowest BCUT2D eigenvalue weighted by Crippen LogP contribution is -2.06. The normalized spacial score (nSPS) is 11.2. The predicted molar refractivity (Wildman–Crippen MR) is 54.6 cm³/mol. The molecule has 0 aromatic carbocycles. The second-order valence-corrected chi connectivity index (χ2v) is 3.68. The van der Waals surface area contributed by atoms with Gasteiger partial charge in [-0.05, 0) is 6.07 Å². The van der Waals surface area contributed by atoms with Crippen molar-refractivity contribution in [3.05, 3.63) is 35.4 Å². The Kier molecular flexibility index (Phi) is 3.19. The molecule has 0 aliphatic carbocycles. The second kappa shape index (κ2) is 4.61. The summed E-state index contributed by atoms with van der Waals surface area (Å²) in [6.45, 7) is 0.0792. The molecule has 86 valence electrons. The van der Waals surface area contributed by atoms with E-state index in [0.717, 1.165) is 5.56 Å². The van der Waals surface area contributed by atoms with Crippen LogP contribution in [-0.4, -0.2) is 26.0 Å². The number of hydrogen-bond acceptors (Lipinski definition) is 2. The summed E-state index contributed by atoms with van der Waals surface area (Å²) in [5.41, 5.74) is 0.806. The highest BCUT2D eigenvalue weighted by Crippen LogP contribution is 2.07. The van der Waals surface area contributed by atoms with E-state index in [2.05, 4.69) is 10.2 Å². The molecule has 0 spiro atoms. The number of hydrogen-bond donors (Lipinski definition) is 0. The molecule has 0 bridgehead atoms. The Morgan fingerprint density at radius 3 is 2.81 bits per heavy atom. The minimum atomic E-state index is -2.40. The number of nitrogens with zero attached hydrogens (tertiary/aromatic N) is 4. The van der Waals surface area contributed by atoms with E-state index in [0.29, 0.717) is 11.7 Å². The summed E-state index contributed by atoms with van der Waals surface area (Å²) in [7, 11) is 0. The lowest BCUT2D eigenvalue weighted by atomic mass is 10.4. The van der Waals surface area contributed by atoms with Crippen LogP contribution in [0.1, 0.15) is 5.56 Å². The van der Waals surface area contributed by atoms with Crippen molar-refractivity contribution in [2.75, 3.05) is 0 Å². The highest BCUT2D eigenvalue weighted by molar-refractivity contribution is 6.29. The van der Waals surface area contributed by atoms with E-state index in [9.17, 15) is 8.78 Å². The van der Waals surface area contributed by atoms with Crippen LogP contribution in [0.4, 0.5) is 8.78 Å². The Labute approximate surface area is 95.4 Å². The van der Waals surface area contributed by atoms with Gasteiger partial charge in [-0.2, -0.15) is 10.2 Å². The molecule has 0 N–H and O–H groups in total. The molecule has 0 atom stereocenters. The maximum Gasteiger partial charge on any atom is 0.257 e. The SMILES string of the molecule is FC(F)Cn1cc(Cn2ccc(Cl)n2)cn1. The first-order chi connectivity index (χ1) is 7.63. The first kappa shape index (κ1) is 11.1. The number of alkyl halides is 2. The summed E-state index contributed by atoms with van der Waals surface area (Å²) < 4.78 is 27.0. The van der Waals surface area contributed by atoms with Crippen molar-refractivity contribution in [3.8, 4) is 0 Å². The zero-order chi connectivity index (χ0) is 11.5.